The molecule has 1 heterocycles. The van der Waals surface area contributed by atoms with Crippen molar-refractivity contribution in [2.45, 2.75) is 55.0 Å². The normalized spacial score (nSPS) is 25.0. The van der Waals surface area contributed by atoms with Crippen LogP contribution in [0.15, 0.2) is 30.3 Å². The molecule has 5 atom stereocenters. The molecule has 0 spiro atoms. The largest absolute Gasteiger partial charge is 0.467 e. The van der Waals surface area contributed by atoms with Gasteiger partial charge in [0, 0.05) is 13.8 Å². The molecule has 0 bridgehead atoms. The Morgan fingerprint density at radius 1 is 0.970 bits per heavy atom. The number of esters is 3. The van der Waals surface area contributed by atoms with E-state index >= 15 is 0 Å². The van der Waals surface area contributed by atoms with Gasteiger partial charge in [0.2, 0.25) is 12.2 Å². The number of methoxy groups -OCH3 is 1. The van der Waals surface area contributed by atoms with E-state index in [2.05, 4.69) is 0 Å². The smallest absolute Gasteiger partial charge is 0.339 e. The molecular weight excluding hydrogens is 505 g/mol. The van der Waals surface area contributed by atoms with E-state index < -0.39 is 58.3 Å². The first-order valence-corrected chi connectivity index (χ1v) is 10.6. The van der Waals surface area contributed by atoms with Crippen LogP contribution in [0.3, 0.4) is 0 Å². The Balaban J connectivity index is 2.47. The summed E-state index contributed by atoms with van der Waals surface area (Å²) in [7, 11) is 1.08. The van der Waals surface area contributed by atoms with Crippen molar-refractivity contribution < 1.29 is 42.8 Å². The van der Waals surface area contributed by atoms with E-state index in [-0.39, 0.29) is 6.61 Å². The first kappa shape index (κ1) is 27.1. The quantitative estimate of drug-likeness (QED) is 0.187. The SMILES string of the molecule is COC(=O)[C@H]1O[C@@H](OC(=N)C(Cl)(Cl)Cl)[C@H](OCc2ccccc2)[C@@H](OC(C)=O)[C@H]1OC(C)=O. The van der Waals surface area contributed by atoms with Crippen LogP contribution in [0.5, 0.6) is 0 Å². The third-order valence-electron chi connectivity index (χ3n) is 4.31. The highest BCUT2D eigenvalue weighted by molar-refractivity contribution is 6.76. The topological polar surface area (TPSA) is 130 Å². The molecule has 1 aromatic carbocycles. The Morgan fingerprint density at radius 3 is 2.06 bits per heavy atom. The van der Waals surface area contributed by atoms with Crippen molar-refractivity contribution in [1.29, 1.82) is 5.41 Å². The highest BCUT2D eigenvalue weighted by Gasteiger charge is 2.55. The fraction of sp³-hybridized carbons (Fsp3) is 0.500. The molecule has 0 unspecified atom stereocenters. The average molecular weight is 527 g/mol. The van der Waals surface area contributed by atoms with E-state index in [0.29, 0.717) is 0 Å². The number of benzene rings is 1. The zero-order valence-electron chi connectivity index (χ0n) is 17.8. The lowest BCUT2D eigenvalue weighted by Gasteiger charge is -2.43. The molecule has 1 N–H and O–H groups in total. The summed E-state index contributed by atoms with van der Waals surface area (Å²) in [5.41, 5.74) is 0.730. The summed E-state index contributed by atoms with van der Waals surface area (Å²) in [6.45, 7) is 2.18. The Kier molecular flexibility index (Phi) is 9.74. The molecule has 0 aromatic heterocycles. The third-order valence-corrected chi connectivity index (χ3v) is 4.82. The molecule has 182 valence electrons. The molecule has 13 heteroatoms. The standard InChI is InChI=1S/C20H22Cl3NO9/c1-10(25)30-13-14(31-11(2)26)16(29-9-12-7-5-4-6-8-12)18(32-15(13)17(27)28-3)33-19(24)20(21,22)23/h4-8,13-16,18,24H,9H2,1-3H3/t13-,14+,15+,16-,18+/m1/s1. The Hall–Kier alpha value is -2.11. The molecule has 0 radical (unpaired) electrons. The minimum atomic E-state index is -2.27. The van der Waals surface area contributed by atoms with Gasteiger partial charge in [0.25, 0.3) is 3.79 Å². The molecule has 0 saturated carbocycles. The summed E-state index contributed by atoms with van der Waals surface area (Å²) in [5, 5.41) is 7.89. The number of nitrogens with one attached hydrogen (secondary N) is 1. The molecule has 1 aliphatic heterocycles. The number of halogens is 3. The van der Waals surface area contributed by atoms with E-state index in [0.717, 1.165) is 26.5 Å². The number of alkyl halides is 3. The van der Waals surface area contributed by atoms with Crippen molar-refractivity contribution >= 4 is 58.6 Å². The molecule has 2 rings (SSSR count). The second kappa shape index (κ2) is 11.8. The van der Waals surface area contributed by atoms with Gasteiger partial charge in [-0.3, -0.25) is 15.0 Å². The maximum Gasteiger partial charge on any atom is 0.339 e. The van der Waals surface area contributed by atoms with Gasteiger partial charge in [0.1, 0.15) is 0 Å². The second-order valence-electron chi connectivity index (χ2n) is 6.80. The van der Waals surface area contributed by atoms with Crippen LogP contribution in [0.1, 0.15) is 19.4 Å². The predicted octanol–water partition coefficient (Wildman–Crippen LogP) is 2.70. The number of rotatable bonds is 7. The Morgan fingerprint density at radius 2 is 1.55 bits per heavy atom. The van der Waals surface area contributed by atoms with Gasteiger partial charge in [-0.15, -0.1) is 0 Å². The lowest BCUT2D eigenvalue weighted by atomic mass is 9.97. The maximum atomic E-state index is 12.4. The van der Waals surface area contributed by atoms with E-state index in [1.165, 1.54) is 0 Å². The zero-order chi connectivity index (χ0) is 24.8. The molecule has 1 saturated heterocycles. The van der Waals surface area contributed by atoms with Gasteiger partial charge in [0.05, 0.1) is 13.7 Å². The van der Waals surface area contributed by atoms with E-state index in [1.54, 1.807) is 30.3 Å². The van der Waals surface area contributed by atoms with Crippen LogP contribution >= 0.6 is 34.8 Å². The molecular formula is C20H22Cl3NO9. The molecule has 33 heavy (non-hydrogen) atoms. The molecule has 1 aliphatic rings. The minimum absolute atomic E-state index is 0.0245. The van der Waals surface area contributed by atoms with E-state index in [4.69, 9.17) is 68.6 Å². The third kappa shape index (κ3) is 7.72. The van der Waals surface area contributed by atoms with Crippen LogP contribution in [0.2, 0.25) is 0 Å². The van der Waals surface area contributed by atoms with Crippen molar-refractivity contribution in [1.82, 2.24) is 0 Å². The number of ether oxygens (including phenoxy) is 6. The fourth-order valence-electron chi connectivity index (χ4n) is 2.98. The summed E-state index contributed by atoms with van der Waals surface area (Å²) in [6, 6.07) is 8.90. The number of hydrogen-bond acceptors (Lipinski definition) is 10. The summed E-state index contributed by atoms with van der Waals surface area (Å²) >= 11 is 17.1. The first-order valence-electron chi connectivity index (χ1n) is 9.49. The van der Waals surface area contributed by atoms with Crippen molar-refractivity contribution in [3.05, 3.63) is 35.9 Å². The van der Waals surface area contributed by atoms with Crippen LogP contribution < -0.4 is 0 Å². The van der Waals surface area contributed by atoms with Crippen LogP contribution in [0.25, 0.3) is 0 Å². The van der Waals surface area contributed by atoms with Gasteiger partial charge >= 0.3 is 17.9 Å². The highest BCUT2D eigenvalue weighted by atomic mass is 35.6. The molecule has 10 nitrogen and oxygen atoms in total. The molecule has 1 fully saturated rings. The van der Waals surface area contributed by atoms with Crippen molar-refractivity contribution in [3.8, 4) is 0 Å². The van der Waals surface area contributed by atoms with E-state index in [1.807, 2.05) is 0 Å². The Labute approximate surface area is 204 Å². The summed E-state index contributed by atoms with van der Waals surface area (Å²) in [6.07, 6.45) is -7.36. The molecule has 0 aliphatic carbocycles. The Bertz CT molecular complexity index is 862. The number of hydrogen-bond donors (Lipinski definition) is 1. The van der Waals surface area contributed by atoms with Gasteiger partial charge < -0.3 is 28.4 Å². The van der Waals surface area contributed by atoms with Crippen LogP contribution in [0.4, 0.5) is 0 Å². The van der Waals surface area contributed by atoms with Crippen LogP contribution in [0, 0.1) is 5.41 Å². The zero-order valence-corrected chi connectivity index (χ0v) is 20.1. The first-order chi connectivity index (χ1) is 15.4. The molecule has 0 amide bonds. The van der Waals surface area contributed by atoms with Gasteiger partial charge in [-0.1, -0.05) is 65.1 Å². The summed E-state index contributed by atoms with van der Waals surface area (Å²) in [4.78, 5) is 36.0. The van der Waals surface area contributed by atoms with E-state index in [9.17, 15) is 14.4 Å². The van der Waals surface area contributed by atoms with Gasteiger partial charge in [-0.25, -0.2) is 4.79 Å². The summed E-state index contributed by atoms with van der Waals surface area (Å²) in [5.74, 6) is -3.37. The lowest BCUT2D eigenvalue weighted by Crippen LogP contribution is -2.64. The highest BCUT2D eigenvalue weighted by Crippen LogP contribution is 2.34. The van der Waals surface area contributed by atoms with Crippen molar-refractivity contribution in [2.24, 2.45) is 0 Å². The van der Waals surface area contributed by atoms with Crippen LogP contribution in [-0.2, 0) is 49.4 Å². The van der Waals surface area contributed by atoms with Gasteiger partial charge in [0.15, 0.2) is 24.4 Å². The minimum Gasteiger partial charge on any atom is -0.467 e. The number of carbonyl (C=O) groups excluding carboxylic acids is 3. The number of carbonyl (C=O) groups is 3. The lowest BCUT2D eigenvalue weighted by molar-refractivity contribution is -0.293. The van der Waals surface area contributed by atoms with Gasteiger partial charge in [-0.05, 0) is 5.56 Å². The van der Waals surface area contributed by atoms with Crippen LogP contribution in [-0.4, -0.2) is 65.4 Å². The van der Waals surface area contributed by atoms with Crippen molar-refractivity contribution in [2.75, 3.05) is 7.11 Å². The van der Waals surface area contributed by atoms with Gasteiger partial charge in [-0.2, -0.15) is 0 Å². The molecule has 1 aromatic rings. The second-order valence-corrected chi connectivity index (χ2v) is 9.08. The van der Waals surface area contributed by atoms with Crippen molar-refractivity contribution in [3.63, 3.8) is 0 Å². The predicted molar refractivity (Wildman–Crippen MR) is 116 cm³/mol. The maximum absolute atomic E-state index is 12.4. The fourth-order valence-corrected chi connectivity index (χ4v) is 3.12. The average Bonchev–Trinajstić information content (AvgIpc) is 2.73. The monoisotopic (exact) mass is 525 g/mol. The summed E-state index contributed by atoms with van der Waals surface area (Å²) < 4.78 is 29.9.